The van der Waals surface area contributed by atoms with Crippen LogP contribution >= 0.6 is 11.3 Å². The van der Waals surface area contributed by atoms with Crippen molar-refractivity contribution in [3.05, 3.63) is 53.6 Å². The summed E-state index contributed by atoms with van der Waals surface area (Å²) < 4.78 is 12.5. The highest BCUT2D eigenvalue weighted by molar-refractivity contribution is 7.11. The van der Waals surface area contributed by atoms with Gasteiger partial charge in [0, 0.05) is 29.8 Å². The van der Waals surface area contributed by atoms with Crippen LogP contribution in [-0.2, 0) is 0 Å². The first-order valence-electron chi connectivity index (χ1n) is 4.44. The summed E-state index contributed by atoms with van der Waals surface area (Å²) in [5, 5.41) is 1.98. The predicted octanol–water partition coefficient (Wildman–Crippen LogP) is 3.95. The maximum absolute atomic E-state index is 12.5. The Kier molecular flexibility index (Phi) is 2.92. The minimum atomic E-state index is -0.422. The molecule has 0 aliphatic carbocycles. The fourth-order valence-electron chi connectivity index (χ4n) is 1.27. The van der Waals surface area contributed by atoms with Crippen molar-refractivity contribution in [1.29, 1.82) is 0 Å². The lowest BCUT2D eigenvalue weighted by atomic mass is 10.1. The van der Waals surface area contributed by atoms with Crippen LogP contribution in [0.25, 0.3) is 17.2 Å². The number of thiophene rings is 1. The second-order valence-electron chi connectivity index (χ2n) is 3.07. The largest absolute Gasteiger partial charge is 0.264 e. The zero-order valence-electron chi connectivity index (χ0n) is 7.98. The van der Waals surface area contributed by atoms with Crippen molar-refractivity contribution >= 4 is 17.4 Å². The van der Waals surface area contributed by atoms with Crippen molar-refractivity contribution in [3.63, 3.8) is 0 Å². The third kappa shape index (κ3) is 2.50. The molecule has 0 spiro atoms. The van der Waals surface area contributed by atoms with Crippen LogP contribution in [0.5, 0.6) is 0 Å². The minimum absolute atomic E-state index is 0.422. The van der Waals surface area contributed by atoms with Crippen molar-refractivity contribution in [2.45, 2.75) is 0 Å². The Morgan fingerprint density at radius 2 is 2.33 bits per heavy atom. The number of hydrogen-bond acceptors (Lipinski definition) is 2. The van der Waals surface area contributed by atoms with Gasteiger partial charge in [0.1, 0.15) is 5.83 Å². The summed E-state index contributed by atoms with van der Waals surface area (Å²) in [6.45, 7) is 3.20. The maximum Gasteiger partial charge on any atom is 0.102 e. The molecule has 15 heavy (non-hydrogen) atoms. The van der Waals surface area contributed by atoms with Gasteiger partial charge < -0.3 is 0 Å². The summed E-state index contributed by atoms with van der Waals surface area (Å²) in [7, 11) is 0. The van der Waals surface area contributed by atoms with E-state index in [1.165, 1.54) is 17.4 Å². The Balaban J connectivity index is 2.32. The second kappa shape index (κ2) is 4.36. The molecule has 0 bridgehead atoms. The monoisotopic (exact) mass is 218 g/mol. The standard InChI is InChI=1S/C12H9FNS/c1-9(13)5-12-6-11(8-15-12)10-3-2-4-14-7-10/h2-8H,1H2/b9-5-. The van der Waals surface area contributed by atoms with Gasteiger partial charge >= 0.3 is 0 Å². The Morgan fingerprint density at radius 3 is 3.00 bits per heavy atom. The highest BCUT2D eigenvalue weighted by Gasteiger charge is 2.00. The third-order valence-electron chi connectivity index (χ3n) is 1.91. The molecule has 2 rings (SSSR count). The Morgan fingerprint density at radius 1 is 1.47 bits per heavy atom. The zero-order chi connectivity index (χ0) is 10.7. The zero-order valence-corrected chi connectivity index (χ0v) is 8.80. The van der Waals surface area contributed by atoms with Gasteiger partial charge in [-0.1, -0.05) is 6.07 Å². The van der Waals surface area contributed by atoms with E-state index in [-0.39, 0.29) is 0 Å². The number of halogens is 1. The van der Waals surface area contributed by atoms with Gasteiger partial charge in [-0.2, -0.15) is 0 Å². The molecular weight excluding hydrogens is 209 g/mol. The molecule has 0 aliphatic heterocycles. The molecule has 3 heteroatoms. The molecule has 0 saturated carbocycles. The lowest BCUT2D eigenvalue weighted by molar-refractivity contribution is 0.673. The summed E-state index contributed by atoms with van der Waals surface area (Å²) in [5.74, 6) is -0.422. The van der Waals surface area contributed by atoms with Gasteiger partial charge in [0.05, 0.1) is 0 Å². The SMILES string of the molecule is [CH2]/C(F)=C/c1cc(-c2cccnc2)cs1. The van der Waals surface area contributed by atoms with Gasteiger partial charge in [0.2, 0.25) is 0 Å². The minimum Gasteiger partial charge on any atom is -0.264 e. The highest BCUT2D eigenvalue weighted by atomic mass is 32.1. The van der Waals surface area contributed by atoms with Crippen LogP contribution in [0.1, 0.15) is 4.88 Å². The molecule has 2 aromatic rings. The van der Waals surface area contributed by atoms with E-state index >= 15 is 0 Å². The van der Waals surface area contributed by atoms with E-state index in [0.29, 0.717) is 0 Å². The molecule has 1 radical (unpaired) electrons. The fraction of sp³-hybridized carbons (Fsp3) is 0. The normalized spacial score (nSPS) is 11.7. The molecule has 0 unspecified atom stereocenters. The molecule has 0 aromatic carbocycles. The number of aromatic nitrogens is 1. The van der Waals surface area contributed by atoms with Crippen LogP contribution < -0.4 is 0 Å². The molecule has 0 N–H and O–H groups in total. The summed E-state index contributed by atoms with van der Waals surface area (Å²) in [6, 6.07) is 5.78. The van der Waals surface area contributed by atoms with E-state index in [0.717, 1.165) is 16.0 Å². The molecule has 0 aliphatic rings. The van der Waals surface area contributed by atoms with Crippen LogP contribution in [0.3, 0.4) is 0 Å². The molecule has 2 heterocycles. The van der Waals surface area contributed by atoms with Crippen LogP contribution in [0, 0.1) is 6.92 Å². The van der Waals surface area contributed by atoms with Crippen molar-refractivity contribution in [2.24, 2.45) is 0 Å². The lowest BCUT2D eigenvalue weighted by Gasteiger charge is -1.93. The fourth-order valence-corrected chi connectivity index (χ4v) is 2.13. The van der Waals surface area contributed by atoms with E-state index < -0.39 is 5.83 Å². The molecule has 1 nitrogen and oxygen atoms in total. The first-order chi connectivity index (χ1) is 7.25. The van der Waals surface area contributed by atoms with Gasteiger partial charge in [-0.3, -0.25) is 4.98 Å². The predicted molar refractivity (Wildman–Crippen MR) is 62.0 cm³/mol. The lowest BCUT2D eigenvalue weighted by Crippen LogP contribution is -1.74. The van der Waals surface area contributed by atoms with Crippen LogP contribution in [0.2, 0.25) is 0 Å². The number of rotatable bonds is 2. The molecule has 0 fully saturated rings. The van der Waals surface area contributed by atoms with Gasteiger partial charge in [0.15, 0.2) is 0 Å². The van der Waals surface area contributed by atoms with E-state index in [1.54, 1.807) is 12.4 Å². The second-order valence-corrected chi connectivity index (χ2v) is 4.01. The third-order valence-corrected chi connectivity index (χ3v) is 2.79. The highest BCUT2D eigenvalue weighted by Crippen LogP contribution is 2.26. The number of hydrogen-bond donors (Lipinski definition) is 0. The summed E-state index contributed by atoms with van der Waals surface area (Å²) >= 11 is 1.49. The maximum atomic E-state index is 12.5. The smallest absolute Gasteiger partial charge is 0.102 e. The van der Waals surface area contributed by atoms with Crippen molar-refractivity contribution in [2.75, 3.05) is 0 Å². The van der Waals surface area contributed by atoms with E-state index in [2.05, 4.69) is 11.9 Å². The molecule has 0 saturated heterocycles. The van der Waals surface area contributed by atoms with E-state index in [1.807, 2.05) is 23.6 Å². The van der Waals surface area contributed by atoms with Gasteiger partial charge in [-0.05, 0) is 29.2 Å². The Hall–Kier alpha value is -1.48. The van der Waals surface area contributed by atoms with E-state index in [4.69, 9.17) is 0 Å². The average molecular weight is 218 g/mol. The molecule has 2 aromatic heterocycles. The number of allylic oxidation sites excluding steroid dienone is 1. The van der Waals surface area contributed by atoms with Gasteiger partial charge in [0.25, 0.3) is 0 Å². The van der Waals surface area contributed by atoms with Crippen molar-refractivity contribution in [3.8, 4) is 11.1 Å². The first kappa shape index (κ1) is 10.1. The quantitative estimate of drug-likeness (QED) is 0.743. The molecule has 0 amide bonds. The first-order valence-corrected chi connectivity index (χ1v) is 5.32. The Labute approximate surface area is 91.9 Å². The average Bonchev–Trinajstić information content (AvgIpc) is 2.67. The molecule has 75 valence electrons. The summed E-state index contributed by atoms with van der Waals surface area (Å²) in [4.78, 5) is 4.90. The molecule has 0 atom stereocenters. The summed E-state index contributed by atoms with van der Waals surface area (Å²) in [6.07, 6.45) is 4.94. The Bertz CT molecular complexity index is 469. The van der Waals surface area contributed by atoms with Gasteiger partial charge in [-0.25, -0.2) is 4.39 Å². The topological polar surface area (TPSA) is 12.9 Å². The van der Waals surface area contributed by atoms with Crippen LogP contribution in [0.4, 0.5) is 4.39 Å². The van der Waals surface area contributed by atoms with Crippen molar-refractivity contribution < 1.29 is 4.39 Å². The van der Waals surface area contributed by atoms with Crippen molar-refractivity contribution in [1.82, 2.24) is 4.98 Å². The van der Waals surface area contributed by atoms with Crippen LogP contribution in [0.15, 0.2) is 41.8 Å². The molecular formula is C12H9FNS. The summed E-state index contributed by atoms with van der Waals surface area (Å²) in [5.41, 5.74) is 2.10. The van der Waals surface area contributed by atoms with Gasteiger partial charge in [-0.15, -0.1) is 11.3 Å². The van der Waals surface area contributed by atoms with Crippen LogP contribution in [-0.4, -0.2) is 4.98 Å². The number of nitrogens with zero attached hydrogens (tertiary/aromatic N) is 1. The van der Waals surface area contributed by atoms with E-state index in [9.17, 15) is 4.39 Å². The number of pyridine rings is 1.